The Bertz CT molecular complexity index is 512. The van der Waals surface area contributed by atoms with E-state index in [4.69, 9.17) is 14.2 Å². The highest BCUT2D eigenvalue weighted by molar-refractivity contribution is 5.49. The first-order valence-corrected chi connectivity index (χ1v) is 16.4. The number of ether oxygens (including phenoxy) is 3. The molecule has 0 aromatic rings. The zero-order valence-corrected chi connectivity index (χ0v) is 25.6. The fourth-order valence-electron chi connectivity index (χ4n) is 4.32. The van der Waals surface area contributed by atoms with Gasteiger partial charge >= 0.3 is 0 Å². The number of hydrogen-bond donors (Lipinski definition) is 0. The number of hydrogen-bond acceptors (Lipinski definition) is 5. The summed E-state index contributed by atoms with van der Waals surface area (Å²) in [6.07, 6.45) is 33.6. The smallest absolute Gasteiger partial charge is 0.180 e. The summed E-state index contributed by atoms with van der Waals surface area (Å²) in [5.41, 5.74) is 0. The molecule has 5 heteroatoms. The van der Waals surface area contributed by atoms with Crippen LogP contribution in [0.15, 0.2) is 24.3 Å². The van der Waals surface area contributed by atoms with E-state index in [1.807, 2.05) is 12.2 Å². The van der Waals surface area contributed by atoms with E-state index in [1.165, 1.54) is 64.2 Å². The van der Waals surface area contributed by atoms with Gasteiger partial charge in [0.15, 0.2) is 12.6 Å². The molecule has 0 aliphatic heterocycles. The van der Waals surface area contributed by atoms with Crippen molar-refractivity contribution in [1.29, 1.82) is 0 Å². The molecule has 2 unspecified atom stereocenters. The number of carbonyl (C=O) groups excluding carboxylic acids is 2. The van der Waals surface area contributed by atoms with Gasteiger partial charge in [-0.1, -0.05) is 103 Å². The van der Waals surface area contributed by atoms with Crippen LogP contribution < -0.4 is 0 Å². The molecular weight excluding hydrogens is 488 g/mol. The number of carbonyl (C=O) groups is 2. The molecule has 0 aromatic heterocycles. The van der Waals surface area contributed by atoms with E-state index >= 15 is 0 Å². The summed E-state index contributed by atoms with van der Waals surface area (Å²) in [6, 6.07) is 0. The normalized spacial score (nSPS) is 13.4. The van der Waals surface area contributed by atoms with Gasteiger partial charge in [0.25, 0.3) is 0 Å². The lowest BCUT2D eigenvalue weighted by molar-refractivity contribution is -0.208. The van der Waals surface area contributed by atoms with Crippen LogP contribution in [0.1, 0.15) is 155 Å². The van der Waals surface area contributed by atoms with Crippen LogP contribution in [0.3, 0.4) is 0 Å². The summed E-state index contributed by atoms with van der Waals surface area (Å²) in [5.74, 6) is 0. The molecule has 0 saturated carbocycles. The molecule has 0 spiro atoms. The van der Waals surface area contributed by atoms with Gasteiger partial charge in [-0.15, -0.1) is 0 Å². The first kappa shape index (κ1) is 37.7. The predicted octanol–water partition coefficient (Wildman–Crippen LogP) is 9.82. The van der Waals surface area contributed by atoms with Crippen LogP contribution in [0.2, 0.25) is 0 Å². The van der Waals surface area contributed by atoms with Crippen molar-refractivity contribution in [2.75, 3.05) is 13.2 Å². The molecule has 5 nitrogen and oxygen atoms in total. The second kappa shape index (κ2) is 32.9. The molecule has 0 saturated heterocycles. The van der Waals surface area contributed by atoms with Gasteiger partial charge in [-0.2, -0.15) is 0 Å². The summed E-state index contributed by atoms with van der Waals surface area (Å²) in [7, 11) is 0. The van der Waals surface area contributed by atoms with Crippen LogP contribution in [0.25, 0.3) is 0 Å². The highest BCUT2D eigenvalue weighted by Crippen LogP contribution is 2.13. The average Bonchev–Trinajstić information content (AvgIpc) is 2.94. The van der Waals surface area contributed by atoms with E-state index in [9.17, 15) is 9.59 Å². The van der Waals surface area contributed by atoms with Crippen LogP contribution in [0, 0.1) is 0 Å². The number of aldehydes is 2. The second-order valence-electron chi connectivity index (χ2n) is 10.6. The highest BCUT2D eigenvalue weighted by Gasteiger charge is 2.13. The lowest BCUT2D eigenvalue weighted by Gasteiger charge is -2.22. The summed E-state index contributed by atoms with van der Waals surface area (Å²) in [5, 5.41) is 0. The number of unbranched alkanes of at least 4 members (excludes halogenated alkanes) is 18. The third-order valence-electron chi connectivity index (χ3n) is 6.80. The molecule has 0 aromatic carbocycles. The molecule has 228 valence electrons. The van der Waals surface area contributed by atoms with Gasteiger partial charge in [-0.25, -0.2) is 0 Å². The van der Waals surface area contributed by atoms with E-state index in [1.54, 1.807) is 0 Å². The van der Waals surface area contributed by atoms with E-state index in [-0.39, 0.29) is 0 Å². The van der Waals surface area contributed by atoms with Gasteiger partial charge in [0, 0.05) is 12.8 Å². The minimum absolute atomic E-state index is 0.428. The summed E-state index contributed by atoms with van der Waals surface area (Å²) >= 11 is 0. The average molecular weight is 551 g/mol. The van der Waals surface area contributed by atoms with E-state index in [0.717, 1.165) is 76.8 Å². The van der Waals surface area contributed by atoms with Crippen molar-refractivity contribution in [1.82, 2.24) is 0 Å². The van der Waals surface area contributed by atoms with Gasteiger partial charge < -0.3 is 23.8 Å². The topological polar surface area (TPSA) is 61.8 Å². The largest absolute Gasteiger partial charge is 0.349 e. The lowest BCUT2D eigenvalue weighted by atomic mass is 10.1. The van der Waals surface area contributed by atoms with Crippen molar-refractivity contribution in [3.8, 4) is 0 Å². The van der Waals surface area contributed by atoms with Crippen molar-refractivity contribution in [2.24, 2.45) is 0 Å². The van der Waals surface area contributed by atoms with Gasteiger partial charge in [0.05, 0.1) is 13.2 Å². The zero-order valence-electron chi connectivity index (χ0n) is 25.6. The van der Waals surface area contributed by atoms with Crippen LogP contribution in [-0.2, 0) is 23.8 Å². The summed E-state index contributed by atoms with van der Waals surface area (Å²) in [6.45, 7) is 5.86. The Morgan fingerprint density at radius 3 is 1.23 bits per heavy atom. The first-order valence-electron chi connectivity index (χ1n) is 16.4. The molecule has 0 amide bonds. The van der Waals surface area contributed by atoms with Crippen LogP contribution in [0.4, 0.5) is 0 Å². The molecule has 0 rings (SSSR count). The van der Waals surface area contributed by atoms with Crippen molar-refractivity contribution in [3.63, 3.8) is 0 Å². The minimum Gasteiger partial charge on any atom is -0.349 e. The molecule has 0 aliphatic carbocycles. The second-order valence-corrected chi connectivity index (χ2v) is 10.6. The molecule has 0 N–H and O–H groups in total. The van der Waals surface area contributed by atoms with Gasteiger partial charge in [-0.3, -0.25) is 0 Å². The fraction of sp³-hybridized carbons (Fsp3) is 0.824. The molecule has 0 aliphatic rings. The van der Waals surface area contributed by atoms with Crippen LogP contribution >= 0.6 is 0 Å². The third kappa shape index (κ3) is 29.5. The monoisotopic (exact) mass is 550 g/mol. The maximum absolute atomic E-state index is 10.5. The van der Waals surface area contributed by atoms with E-state index in [0.29, 0.717) is 26.1 Å². The van der Waals surface area contributed by atoms with Crippen LogP contribution in [0.5, 0.6) is 0 Å². The Morgan fingerprint density at radius 2 is 0.821 bits per heavy atom. The first-order chi connectivity index (χ1) is 19.3. The Hall–Kier alpha value is -1.30. The standard InChI is InChI=1S/C34H62O5/c1-3-5-7-9-19-25-31-37-33(27-21-15-11-13-17-23-29-35)39-34(28-22-16-12-14-18-24-30-36)38-32-26-20-10-8-6-4-2/h21-22,27-30,33-34H,3-20,23-26,31-32H2,1-2H3. The van der Waals surface area contributed by atoms with E-state index in [2.05, 4.69) is 26.0 Å². The highest BCUT2D eigenvalue weighted by atomic mass is 16.8. The van der Waals surface area contributed by atoms with Crippen molar-refractivity contribution < 1.29 is 23.8 Å². The number of rotatable bonds is 32. The van der Waals surface area contributed by atoms with Gasteiger partial charge in [-0.05, 0) is 63.5 Å². The Kier molecular flexibility index (Phi) is 31.8. The lowest BCUT2D eigenvalue weighted by Crippen LogP contribution is -2.25. The SMILES string of the molecule is CCCCCCCCOC(C=CCCCCCC=O)OC(C=CCCCCCC=O)OCCCCCCCC. The van der Waals surface area contributed by atoms with Crippen molar-refractivity contribution in [3.05, 3.63) is 24.3 Å². The summed E-state index contributed by atoms with van der Waals surface area (Å²) in [4.78, 5) is 21.0. The molecular formula is C34H62O5. The molecule has 39 heavy (non-hydrogen) atoms. The molecule has 0 radical (unpaired) electrons. The van der Waals surface area contributed by atoms with Gasteiger partial charge in [0.1, 0.15) is 12.6 Å². The maximum Gasteiger partial charge on any atom is 0.180 e. The Morgan fingerprint density at radius 1 is 0.462 bits per heavy atom. The fourth-order valence-corrected chi connectivity index (χ4v) is 4.32. The molecule has 0 heterocycles. The van der Waals surface area contributed by atoms with Crippen molar-refractivity contribution in [2.45, 2.75) is 168 Å². The third-order valence-corrected chi connectivity index (χ3v) is 6.80. The Labute approximate surface area is 241 Å². The quantitative estimate of drug-likeness (QED) is 0.0361. The zero-order chi connectivity index (χ0) is 28.5. The molecule has 2 atom stereocenters. The Balaban J connectivity index is 4.85. The minimum atomic E-state index is -0.428. The summed E-state index contributed by atoms with van der Waals surface area (Å²) < 4.78 is 18.7. The number of allylic oxidation sites excluding steroid dienone is 2. The molecule has 0 bridgehead atoms. The molecule has 0 fully saturated rings. The van der Waals surface area contributed by atoms with Crippen LogP contribution in [-0.4, -0.2) is 38.4 Å². The van der Waals surface area contributed by atoms with E-state index < -0.39 is 12.6 Å². The van der Waals surface area contributed by atoms with Crippen molar-refractivity contribution >= 4 is 12.6 Å². The van der Waals surface area contributed by atoms with Gasteiger partial charge in [0.2, 0.25) is 0 Å². The predicted molar refractivity (Wildman–Crippen MR) is 164 cm³/mol. The maximum atomic E-state index is 10.5.